The third kappa shape index (κ3) is 4.56. The highest BCUT2D eigenvalue weighted by Gasteiger charge is 2.20. The summed E-state index contributed by atoms with van der Waals surface area (Å²) >= 11 is 12.0. The summed E-state index contributed by atoms with van der Waals surface area (Å²) in [7, 11) is -2.55. The fourth-order valence-corrected chi connectivity index (χ4v) is 3.71. The van der Waals surface area contributed by atoms with Gasteiger partial charge in [0, 0.05) is 6.42 Å². The van der Waals surface area contributed by atoms with Crippen LogP contribution in [0.4, 0.5) is 11.4 Å². The summed E-state index contributed by atoms with van der Waals surface area (Å²) in [6.45, 7) is 1.68. The van der Waals surface area contributed by atoms with Gasteiger partial charge in [-0.15, -0.1) is 0 Å². The van der Waals surface area contributed by atoms with E-state index in [1.54, 1.807) is 13.0 Å². The van der Waals surface area contributed by atoms with E-state index in [0.717, 1.165) is 0 Å². The number of nitrogens with one attached hydrogen (secondary N) is 2. The van der Waals surface area contributed by atoms with E-state index in [-0.39, 0.29) is 38.6 Å². The molecule has 2 N–H and O–H groups in total. The fourth-order valence-electron chi connectivity index (χ4n) is 1.98. The second-order valence-corrected chi connectivity index (χ2v) is 7.46. The van der Waals surface area contributed by atoms with Gasteiger partial charge in [0.05, 0.1) is 33.4 Å². The Morgan fingerprint density at radius 2 is 1.80 bits per heavy atom. The first-order valence-corrected chi connectivity index (χ1v) is 9.47. The Balaban J connectivity index is 2.42. The van der Waals surface area contributed by atoms with Crippen LogP contribution in [-0.2, 0) is 14.8 Å². The number of ether oxygens (including phenoxy) is 1. The van der Waals surface area contributed by atoms with Crippen molar-refractivity contribution in [2.75, 3.05) is 17.1 Å². The van der Waals surface area contributed by atoms with Gasteiger partial charge in [0.1, 0.15) is 5.75 Å². The largest absolute Gasteiger partial charge is 0.495 e. The highest BCUT2D eigenvalue weighted by atomic mass is 35.5. The second-order valence-electron chi connectivity index (χ2n) is 4.97. The molecule has 1 amide bonds. The van der Waals surface area contributed by atoms with Crippen molar-refractivity contribution in [3.05, 3.63) is 46.4 Å². The molecule has 0 heterocycles. The first-order chi connectivity index (χ1) is 11.8. The Morgan fingerprint density at radius 3 is 2.36 bits per heavy atom. The van der Waals surface area contributed by atoms with Gasteiger partial charge < -0.3 is 10.1 Å². The topological polar surface area (TPSA) is 84.5 Å². The molecule has 0 spiro atoms. The zero-order chi connectivity index (χ0) is 18.6. The van der Waals surface area contributed by atoms with E-state index in [9.17, 15) is 13.2 Å². The smallest absolute Gasteiger partial charge is 0.262 e. The fraction of sp³-hybridized carbons (Fsp3) is 0.188. The summed E-state index contributed by atoms with van der Waals surface area (Å²) in [5, 5.41) is 2.94. The summed E-state index contributed by atoms with van der Waals surface area (Å²) in [5.74, 6) is 0.0754. The summed E-state index contributed by atoms with van der Waals surface area (Å²) in [5.41, 5.74) is 0.336. The van der Waals surface area contributed by atoms with Crippen molar-refractivity contribution in [2.45, 2.75) is 18.2 Å². The molecular weight excluding hydrogens is 387 g/mol. The predicted molar refractivity (Wildman–Crippen MR) is 99.2 cm³/mol. The Morgan fingerprint density at radius 1 is 1.16 bits per heavy atom. The molecule has 0 radical (unpaired) electrons. The van der Waals surface area contributed by atoms with E-state index in [4.69, 9.17) is 27.9 Å². The van der Waals surface area contributed by atoms with E-state index < -0.39 is 10.0 Å². The normalized spacial score (nSPS) is 11.0. The van der Waals surface area contributed by atoms with Crippen LogP contribution < -0.4 is 14.8 Å². The number of rotatable bonds is 6. The molecule has 0 fully saturated rings. The van der Waals surface area contributed by atoms with Crippen molar-refractivity contribution in [1.82, 2.24) is 0 Å². The minimum Gasteiger partial charge on any atom is -0.495 e. The van der Waals surface area contributed by atoms with Crippen LogP contribution in [0.5, 0.6) is 5.75 Å². The molecule has 0 atom stereocenters. The lowest BCUT2D eigenvalue weighted by Crippen LogP contribution is -2.15. The molecule has 25 heavy (non-hydrogen) atoms. The van der Waals surface area contributed by atoms with Crippen molar-refractivity contribution in [3.63, 3.8) is 0 Å². The highest BCUT2D eigenvalue weighted by molar-refractivity contribution is 7.92. The lowest BCUT2D eigenvalue weighted by Gasteiger charge is -2.14. The lowest BCUT2D eigenvalue weighted by molar-refractivity contribution is -0.115. The van der Waals surface area contributed by atoms with Crippen LogP contribution in [0, 0.1) is 0 Å². The standard InChI is InChI=1S/C16H16Cl2N2O4S/c1-3-15(21)19-13-9-10(7-8-14(13)24-2)25(22,23)20-16-11(17)5-4-6-12(16)18/h4-9,20H,3H2,1-2H3,(H,19,21). The van der Waals surface area contributed by atoms with E-state index in [1.165, 1.54) is 37.4 Å². The van der Waals surface area contributed by atoms with E-state index in [1.807, 2.05) is 0 Å². The molecule has 0 saturated heterocycles. The first-order valence-electron chi connectivity index (χ1n) is 7.23. The van der Waals surface area contributed by atoms with Crippen molar-refractivity contribution >= 4 is 50.5 Å². The molecule has 0 saturated carbocycles. The summed E-state index contributed by atoms with van der Waals surface area (Å²) in [6, 6.07) is 8.76. The molecule has 0 aliphatic rings. The van der Waals surface area contributed by atoms with Crippen LogP contribution in [0.1, 0.15) is 13.3 Å². The van der Waals surface area contributed by atoms with Crippen LogP contribution in [-0.4, -0.2) is 21.4 Å². The Labute approximate surface area is 156 Å². The van der Waals surface area contributed by atoms with Gasteiger partial charge in [-0.2, -0.15) is 0 Å². The zero-order valence-corrected chi connectivity index (χ0v) is 15.8. The number of para-hydroxylation sites is 1. The number of amides is 1. The van der Waals surface area contributed by atoms with Gasteiger partial charge >= 0.3 is 0 Å². The summed E-state index contributed by atoms with van der Waals surface area (Å²) < 4.78 is 32.8. The van der Waals surface area contributed by atoms with Crippen molar-refractivity contribution in [3.8, 4) is 5.75 Å². The van der Waals surface area contributed by atoms with Gasteiger partial charge in [-0.05, 0) is 30.3 Å². The Bertz CT molecular complexity index is 881. The maximum absolute atomic E-state index is 12.6. The van der Waals surface area contributed by atoms with E-state index in [2.05, 4.69) is 10.0 Å². The van der Waals surface area contributed by atoms with Crippen LogP contribution >= 0.6 is 23.2 Å². The Kier molecular flexibility index (Phi) is 6.16. The van der Waals surface area contributed by atoms with Gasteiger partial charge in [-0.1, -0.05) is 36.2 Å². The molecule has 2 rings (SSSR count). The zero-order valence-electron chi connectivity index (χ0n) is 13.5. The number of carbonyl (C=O) groups is 1. The van der Waals surface area contributed by atoms with Gasteiger partial charge in [0.2, 0.25) is 5.91 Å². The molecule has 9 heteroatoms. The second kappa shape index (κ2) is 7.95. The molecule has 2 aromatic rings. The third-order valence-electron chi connectivity index (χ3n) is 3.28. The summed E-state index contributed by atoms with van der Waals surface area (Å²) in [4.78, 5) is 11.6. The van der Waals surface area contributed by atoms with Crippen LogP contribution in [0.25, 0.3) is 0 Å². The molecule has 0 bridgehead atoms. The number of anilines is 2. The quantitative estimate of drug-likeness (QED) is 0.759. The molecule has 6 nitrogen and oxygen atoms in total. The molecular formula is C16H16Cl2N2O4S. The number of halogens is 2. The van der Waals surface area contributed by atoms with Gasteiger partial charge in [0.15, 0.2) is 0 Å². The highest BCUT2D eigenvalue weighted by Crippen LogP contribution is 2.33. The average molecular weight is 403 g/mol. The summed E-state index contributed by atoms with van der Waals surface area (Å²) in [6.07, 6.45) is 0.244. The van der Waals surface area contributed by atoms with Gasteiger partial charge in [-0.25, -0.2) is 8.42 Å². The van der Waals surface area contributed by atoms with Gasteiger partial charge in [-0.3, -0.25) is 9.52 Å². The first kappa shape index (κ1) is 19.4. The third-order valence-corrected chi connectivity index (χ3v) is 5.25. The monoisotopic (exact) mass is 402 g/mol. The number of sulfonamides is 1. The molecule has 0 aliphatic carbocycles. The molecule has 0 unspecified atom stereocenters. The molecule has 2 aromatic carbocycles. The number of methoxy groups -OCH3 is 1. The minimum atomic E-state index is -3.97. The van der Waals surface area contributed by atoms with E-state index >= 15 is 0 Å². The van der Waals surface area contributed by atoms with Crippen LogP contribution in [0.15, 0.2) is 41.3 Å². The van der Waals surface area contributed by atoms with Crippen molar-refractivity contribution in [1.29, 1.82) is 0 Å². The maximum Gasteiger partial charge on any atom is 0.262 e. The Hall–Kier alpha value is -1.96. The SMILES string of the molecule is CCC(=O)Nc1cc(S(=O)(=O)Nc2c(Cl)cccc2Cl)ccc1OC. The van der Waals surface area contributed by atoms with Crippen LogP contribution in [0.2, 0.25) is 10.0 Å². The van der Waals surface area contributed by atoms with Crippen molar-refractivity contribution < 1.29 is 17.9 Å². The van der Waals surface area contributed by atoms with Gasteiger partial charge in [0.25, 0.3) is 10.0 Å². The number of benzene rings is 2. The number of carbonyl (C=O) groups excluding carboxylic acids is 1. The number of hydrogen-bond donors (Lipinski definition) is 2. The van der Waals surface area contributed by atoms with Crippen molar-refractivity contribution in [2.24, 2.45) is 0 Å². The lowest BCUT2D eigenvalue weighted by atomic mass is 10.3. The van der Waals surface area contributed by atoms with Crippen LogP contribution in [0.3, 0.4) is 0 Å². The maximum atomic E-state index is 12.6. The van der Waals surface area contributed by atoms with E-state index in [0.29, 0.717) is 5.75 Å². The molecule has 0 aromatic heterocycles. The average Bonchev–Trinajstić information content (AvgIpc) is 2.58. The molecule has 134 valence electrons. The molecule has 0 aliphatic heterocycles. The predicted octanol–water partition coefficient (Wildman–Crippen LogP) is 4.15. The number of hydrogen-bond acceptors (Lipinski definition) is 4. The minimum absolute atomic E-state index is 0.0734.